The predicted octanol–water partition coefficient (Wildman–Crippen LogP) is 0.330. The summed E-state index contributed by atoms with van der Waals surface area (Å²) in [5.74, 6) is -0.844. The van der Waals surface area contributed by atoms with Gasteiger partial charge < -0.3 is 27.2 Å². The fraction of sp³-hybridized carbons (Fsp3) is 0.200. The first-order chi connectivity index (χ1) is 11.8. The second-order valence-electron chi connectivity index (χ2n) is 5.12. The number of hydrogen-bond donors (Lipinski definition) is 4. The number of carbonyl (C=O) groups is 1. The fourth-order valence-corrected chi connectivity index (χ4v) is 2.35. The largest absolute Gasteiger partial charge is 0.395 e. The van der Waals surface area contributed by atoms with Crippen LogP contribution in [0.5, 0.6) is 0 Å². The van der Waals surface area contributed by atoms with E-state index in [2.05, 4.69) is 30.9 Å². The molecule has 0 saturated carbocycles. The minimum absolute atomic E-state index is 0.0768. The first kappa shape index (κ1) is 18.6. The summed E-state index contributed by atoms with van der Waals surface area (Å²) >= 11 is 3.37. The Balaban J connectivity index is 2.64. The van der Waals surface area contributed by atoms with Crippen LogP contribution in [0.1, 0.15) is 10.5 Å². The van der Waals surface area contributed by atoms with Crippen LogP contribution in [0.3, 0.4) is 0 Å². The number of aliphatic hydroxyl groups is 1. The van der Waals surface area contributed by atoms with Crippen molar-refractivity contribution in [1.29, 1.82) is 0 Å². The van der Waals surface area contributed by atoms with Gasteiger partial charge in [-0.05, 0) is 12.1 Å². The summed E-state index contributed by atoms with van der Waals surface area (Å²) in [6, 6.07) is 7.30. The molecule has 0 unspecified atom stereocenters. The first-order valence-electron chi connectivity index (χ1n) is 7.23. The van der Waals surface area contributed by atoms with Crippen LogP contribution in [0.15, 0.2) is 33.7 Å². The summed E-state index contributed by atoms with van der Waals surface area (Å²) in [4.78, 5) is 25.9. The van der Waals surface area contributed by atoms with Crippen molar-refractivity contribution in [2.45, 2.75) is 0 Å². The molecule has 0 saturated heterocycles. The fourth-order valence-electron chi connectivity index (χ4n) is 2.09. The normalized spacial score (nSPS) is 10.4. The molecule has 9 nitrogen and oxygen atoms in total. The van der Waals surface area contributed by atoms with Gasteiger partial charge in [0.1, 0.15) is 5.69 Å². The third kappa shape index (κ3) is 4.43. The van der Waals surface area contributed by atoms with Gasteiger partial charge in [-0.2, -0.15) is 4.99 Å². The topological polar surface area (TPSA) is 157 Å². The quantitative estimate of drug-likeness (QED) is 0.407. The van der Waals surface area contributed by atoms with Crippen LogP contribution in [-0.4, -0.2) is 47.1 Å². The van der Waals surface area contributed by atoms with Gasteiger partial charge in [-0.25, -0.2) is 9.97 Å². The van der Waals surface area contributed by atoms with Crippen molar-refractivity contribution < 1.29 is 9.90 Å². The van der Waals surface area contributed by atoms with Gasteiger partial charge in [0, 0.05) is 23.6 Å². The van der Waals surface area contributed by atoms with Crippen LogP contribution in [0.25, 0.3) is 11.3 Å². The molecule has 0 fully saturated rings. The maximum Gasteiger partial charge on any atom is 0.302 e. The predicted molar refractivity (Wildman–Crippen MR) is 100 cm³/mol. The lowest BCUT2D eigenvalue weighted by Gasteiger charge is -2.20. The van der Waals surface area contributed by atoms with Crippen LogP contribution in [0.2, 0.25) is 0 Å². The van der Waals surface area contributed by atoms with Crippen molar-refractivity contribution in [1.82, 2.24) is 9.97 Å². The van der Waals surface area contributed by atoms with E-state index in [1.54, 1.807) is 11.9 Å². The second-order valence-corrected chi connectivity index (χ2v) is 6.04. The lowest BCUT2D eigenvalue weighted by Crippen LogP contribution is -2.26. The number of carbonyl (C=O) groups excluding carboxylic acids is 1. The standard InChI is InChI=1S/C15H18BrN7O2/c1-23(6-7-24)13-10(8-2-4-9(16)5-3-8)20-11(12(17)21-13)14(25)22-15(18)19/h2-5,24H,6-7H2,1H3,(H2,17,21)(H4,18,19,22,25). The lowest BCUT2D eigenvalue weighted by molar-refractivity contribution is 0.0998. The Bertz CT molecular complexity index is 804. The molecule has 0 aliphatic heterocycles. The zero-order chi connectivity index (χ0) is 18.6. The number of amides is 1. The van der Waals surface area contributed by atoms with Crippen LogP contribution < -0.4 is 22.1 Å². The number of aromatic nitrogens is 2. The van der Waals surface area contributed by atoms with E-state index in [-0.39, 0.29) is 18.1 Å². The molecule has 0 spiro atoms. The number of nitrogen functional groups attached to an aromatic ring is 1. The van der Waals surface area contributed by atoms with E-state index in [4.69, 9.17) is 17.2 Å². The van der Waals surface area contributed by atoms with Gasteiger partial charge in [-0.1, -0.05) is 28.1 Å². The number of halogens is 1. The Morgan fingerprint density at radius 2 is 1.92 bits per heavy atom. The third-order valence-electron chi connectivity index (χ3n) is 3.25. The molecule has 2 rings (SSSR count). The van der Waals surface area contributed by atoms with Gasteiger partial charge in [-0.15, -0.1) is 0 Å². The monoisotopic (exact) mass is 407 g/mol. The molecule has 1 amide bonds. The van der Waals surface area contributed by atoms with Crippen molar-refractivity contribution >= 4 is 39.4 Å². The van der Waals surface area contributed by atoms with Crippen molar-refractivity contribution in [3.63, 3.8) is 0 Å². The molecule has 10 heteroatoms. The molecule has 0 radical (unpaired) electrons. The third-order valence-corrected chi connectivity index (χ3v) is 3.78. The van der Waals surface area contributed by atoms with Crippen molar-refractivity contribution in [2.24, 2.45) is 16.5 Å². The maximum atomic E-state index is 12.1. The minimum Gasteiger partial charge on any atom is -0.395 e. The number of aliphatic imine (C=N–C) groups is 1. The second kappa shape index (κ2) is 7.90. The van der Waals surface area contributed by atoms with Crippen molar-refractivity contribution in [2.75, 3.05) is 30.8 Å². The summed E-state index contributed by atoms with van der Waals surface area (Å²) in [6.07, 6.45) is 0. The van der Waals surface area contributed by atoms with E-state index < -0.39 is 11.9 Å². The number of nitrogens with two attached hydrogens (primary N) is 3. The van der Waals surface area contributed by atoms with Crippen LogP contribution in [-0.2, 0) is 0 Å². The van der Waals surface area contributed by atoms with Gasteiger partial charge in [0.2, 0.25) is 0 Å². The van der Waals surface area contributed by atoms with Gasteiger partial charge in [0.05, 0.1) is 6.61 Å². The maximum absolute atomic E-state index is 12.1. The number of benzene rings is 1. The zero-order valence-electron chi connectivity index (χ0n) is 13.5. The Kier molecular flexibility index (Phi) is 5.88. The number of rotatable bonds is 5. The van der Waals surface area contributed by atoms with Crippen molar-refractivity contribution in [3.8, 4) is 11.3 Å². The number of hydrogen-bond acceptors (Lipinski definition) is 6. The Morgan fingerprint density at radius 1 is 1.28 bits per heavy atom. The van der Waals surface area contributed by atoms with E-state index in [0.29, 0.717) is 23.6 Å². The molecule has 1 aromatic carbocycles. The summed E-state index contributed by atoms with van der Waals surface area (Å²) in [5.41, 5.74) is 17.3. The number of likely N-dealkylation sites (N-methyl/N-ethyl adjacent to an activating group) is 1. The number of nitrogens with zero attached hydrogens (tertiary/aromatic N) is 4. The molecule has 0 aliphatic rings. The molecule has 0 atom stereocenters. The van der Waals surface area contributed by atoms with E-state index in [1.807, 2.05) is 24.3 Å². The van der Waals surface area contributed by atoms with Gasteiger partial charge in [0.15, 0.2) is 23.3 Å². The molecular formula is C15H18BrN7O2. The molecule has 1 heterocycles. The van der Waals surface area contributed by atoms with E-state index in [9.17, 15) is 9.90 Å². The highest BCUT2D eigenvalue weighted by Gasteiger charge is 2.20. The number of aliphatic hydroxyl groups excluding tert-OH is 1. The molecule has 25 heavy (non-hydrogen) atoms. The molecule has 0 aliphatic carbocycles. The molecule has 1 aromatic heterocycles. The zero-order valence-corrected chi connectivity index (χ0v) is 15.1. The Morgan fingerprint density at radius 3 is 2.48 bits per heavy atom. The first-order valence-corrected chi connectivity index (χ1v) is 8.02. The van der Waals surface area contributed by atoms with E-state index in [0.717, 1.165) is 4.47 Å². The average Bonchev–Trinajstić information content (AvgIpc) is 2.55. The highest BCUT2D eigenvalue weighted by atomic mass is 79.9. The van der Waals surface area contributed by atoms with E-state index >= 15 is 0 Å². The lowest BCUT2D eigenvalue weighted by atomic mass is 10.1. The van der Waals surface area contributed by atoms with Gasteiger partial charge in [-0.3, -0.25) is 4.79 Å². The molecular weight excluding hydrogens is 390 g/mol. The van der Waals surface area contributed by atoms with Gasteiger partial charge >= 0.3 is 5.91 Å². The van der Waals surface area contributed by atoms with Crippen LogP contribution in [0.4, 0.5) is 11.6 Å². The minimum atomic E-state index is -0.778. The highest BCUT2D eigenvalue weighted by molar-refractivity contribution is 9.10. The molecule has 2 aromatic rings. The SMILES string of the molecule is CN(CCO)c1nc(N)c(C(=O)N=C(N)N)nc1-c1ccc(Br)cc1. The average molecular weight is 408 g/mol. The summed E-state index contributed by atoms with van der Waals surface area (Å²) in [6.45, 7) is 0.241. The smallest absolute Gasteiger partial charge is 0.302 e. The van der Waals surface area contributed by atoms with Gasteiger partial charge in [0.25, 0.3) is 0 Å². The molecule has 132 valence electrons. The Labute approximate surface area is 152 Å². The highest BCUT2D eigenvalue weighted by Crippen LogP contribution is 2.30. The summed E-state index contributed by atoms with van der Waals surface area (Å²) in [5, 5.41) is 9.18. The number of anilines is 2. The van der Waals surface area contributed by atoms with Crippen LogP contribution >= 0.6 is 15.9 Å². The van der Waals surface area contributed by atoms with Crippen LogP contribution in [0, 0.1) is 0 Å². The van der Waals surface area contributed by atoms with Crippen molar-refractivity contribution in [3.05, 3.63) is 34.4 Å². The number of guanidine groups is 1. The molecule has 7 N–H and O–H groups in total. The summed E-state index contributed by atoms with van der Waals surface area (Å²) in [7, 11) is 1.74. The summed E-state index contributed by atoms with van der Waals surface area (Å²) < 4.78 is 0.890. The molecule has 0 bridgehead atoms. The Hall–Kier alpha value is -2.72. The van der Waals surface area contributed by atoms with E-state index in [1.165, 1.54) is 0 Å².